The van der Waals surface area contributed by atoms with Crippen LogP contribution in [0.4, 0.5) is 9.59 Å². The van der Waals surface area contributed by atoms with Gasteiger partial charge in [-0.05, 0) is 110 Å². The third-order valence-corrected chi connectivity index (χ3v) is 14.6. The van der Waals surface area contributed by atoms with Crippen molar-refractivity contribution >= 4 is 35.6 Å². The second-order valence-corrected chi connectivity index (χ2v) is 18.7. The van der Waals surface area contributed by atoms with E-state index in [2.05, 4.69) is 42.4 Å². The molecule has 2 aliphatic carbocycles. The Balaban J connectivity index is 0.770. The van der Waals surface area contributed by atoms with Crippen molar-refractivity contribution in [3.05, 3.63) is 83.7 Å². The zero-order chi connectivity index (χ0) is 47.1. The number of rotatable bonds is 12. The maximum Gasteiger partial charge on any atom is 0.407 e. The first-order chi connectivity index (χ1) is 33.1. The summed E-state index contributed by atoms with van der Waals surface area (Å²) in [5, 5.41) is 5.26. The number of hydrogen-bond acceptors (Lipinski definition) is 12. The SMILES string of the molecule is COC(=O)N[C@H](C(=O)C(=O)N1[C@@H](c2ncc(-c3ccc(C#Cc4ccc(-c5cnc([C@@H]6C[C@H]7C[C@H]7N6C(=O)C(=O)[C@H](NC(=O)OC)C6CCOCC6)[nH]5)cc4)cc3)[nH]2)C[C@H]2C[C@H]21)C1CCOCC1. The number of nitrogens with one attached hydrogen (secondary N) is 4. The van der Waals surface area contributed by atoms with Gasteiger partial charge in [0.1, 0.15) is 23.7 Å². The Labute approximate surface area is 392 Å². The molecule has 10 rings (SSSR count). The van der Waals surface area contributed by atoms with Crippen LogP contribution in [-0.2, 0) is 38.1 Å². The van der Waals surface area contributed by atoms with Crippen LogP contribution in [0.25, 0.3) is 22.5 Å². The molecule has 2 saturated carbocycles. The number of benzene rings is 2. The zero-order valence-corrected chi connectivity index (χ0v) is 37.9. The molecule has 4 N–H and O–H groups in total. The van der Waals surface area contributed by atoms with Gasteiger partial charge in [0.2, 0.25) is 11.6 Å². The van der Waals surface area contributed by atoms with E-state index in [1.54, 1.807) is 22.2 Å². The lowest BCUT2D eigenvalue weighted by atomic mass is 9.88. The average Bonchev–Trinajstić information content (AvgIpc) is 3.96. The highest BCUT2D eigenvalue weighted by atomic mass is 16.5. The van der Waals surface area contributed by atoms with E-state index < -0.39 is 47.7 Å². The van der Waals surface area contributed by atoms with Crippen LogP contribution >= 0.6 is 0 Å². The molecular formula is C50H54N8O10. The van der Waals surface area contributed by atoms with Gasteiger partial charge in [0.15, 0.2) is 0 Å². The van der Waals surface area contributed by atoms with Crippen molar-refractivity contribution in [3.8, 4) is 34.4 Å². The monoisotopic (exact) mass is 926 g/mol. The summed E-state index contributed by atoms with van der Waals surface area (Å²) in [5.41, 5.74) is 4.95. The fourth-order valence-electron chi connectivity index (χ4n) is 10.7. The minimum atomic E-state index is -0.996. The molecule has 6 heterocycles. The predicted molar refractivity (Wildman–Crippen MR) is 242 cm³/mol. The average molecular weight is 927 g/mol. The number of carbonyl (C=O) groups is 6. The Hall–Kier alpha value is -6.84. The summed E-state index contributed by atoms with van der Waals surface area (Å²) in [6.45, 7) is 1.82. The van der Waals surface area contributed by atoms with Crippen molar-refractivity contribution in [2.75, 3.05) is 40.6 Å². The smallest absolute Gasteiger partial charge is 0.407 e. The number of H-pyrrole nitrogens is 2. The highest BCUT2D eigenvalue weighted by molar-refractivity contribution is 6.39. The number of aromatic amines is 2. The molecule has 4 saturated heterocycles. The molecule has 354 valence electrons. The summed E-state index contributed by atoms with van der Waals surface area (Å²) in [6.07, 6.45) is 7.26. The molecule has 18 heteroatoms. The standard InChI is InChI=1S/C50H54N8O10/c1-65-49(63)55-41(31-13-17-67-18-14-31)43(59)47(61)57-37-21-33(37)23-39(57)45-51-25-35(53-45)29-9-5-27(6-10-29)3-4-28-7-11-30(12-8-28)36-26-52-46(54-36)40-24-34-22-38(34)58(40)48(62)44(60)42(56-50(64)66-2)32-15-19-68-20-16-32/h5-12,25-26,31-34,37-42H,13-24H2,1-2H3,(H,51,53)(H,52,54)(H,55,63)(H,56,64)/t33-,34-,37-,38-,39-,40+,41+,42-/m1/s1. The van der Waals surface area contributed by atoms with Crippen LogP contribution < -0.4 is 10.6 Å². The Morgan fingerprint density at radius 2 is 0.985 bits per heavy atom. The topological polar surface area (TPSA) is 227 Å². The summed E-state index contributed by atoms with van der Waals surface area (Å²) in [4.78, 5) is 99.4. The predicted octanol–water partition coefficient (Wildman–Crippen LogP) is 4.63. The second kappa shape index (κ2) is 19.0. The first-order valence-corrected chi connectivity index (χ1v) is 23.5. The first kappa shape index (κ1) is 45.0. The Morgan fingerprint density at radius 3 is 1.35 bits per heavy atom. The van der Waals surface area contributed by atoms with E-state index in [0.29, 0.717) is 88.4 Å². The molecule has 0 bridgehead atoms. The molecule has 6 aliphatic rings. The lowest BCUT2D eigenvalue weighted by molar-refractivity contribution is -0.148. The molecule has 0 spiro atoms. The molecule has 4 amide bonds. The van der Waals surface area contributed by atoms with Crippen molar-refractivity contribution in [3.63, 3.8) is 0 Å². The second-order valence-electron chi connectivity index (χ2n) is 18.7. The van der Waals surface area contributed by atoms with E-state index in [4.69, 9.17) is 18.9 Å². The summed E-state index contributed by atoms with van der Waals surface area (Å²) in [7, 11) is 2.47. The number of likely N-dealkylation sites (tertiary alicyclic amines) is 2. The highest BCUT2D eigenvalue weighted by Crippen LogP contribution is 2.54. The maximum atomic E-state index is 13.9. The third kappa shape index (κ3) is 9.12. The number of imidazole rings is 2. The third-order valence-electron chi connectivity index (χ3n) is 14.6. The molecule has 4 aromatic rings. The molecule has 18 nitrogen and oxygen atoms in total. The van der Waals surface area contributed by atoms with E-state index in [1.807, 2.05) is 48.5 Å². The van der Waals surface area contributed by atoms with Gasteiger partial charge in [0.25, 0.3) is 11.8 Å². The van der Waals surface area contributed by atoms with E-state index in [0.717, 1.165) is 46.5 Å². The molecule has 0 radical (unpaired) electrons. The number of aromatic nitrogens is 4. The van der Waals surface area contributed by atoms with Gasteiger partial charge in [0, 0.05) is 49.6 Å². The molecular weight excluding hydrogens is 873 g/mol. The van der Waals surface area contributed by atoms with Crippen LogP contribution in [0.3, 0.4) is 0 Å². The fraction of sp³-hybridized carbons (Fsp3) is 0.480. The number of ketones is 2. The van der Waals surface area contributed by atoms with Crippen LogP contribution in [0.1, 0.15) is 86.2 Å². The lowest BCUT2D eigenvalue weighted by Gasteiger charge is -2.32. The van der Waals surface area contributed by atoms with E-state index in [1.165, 1.54) is 14.2 Å². The van der Waals surface area contributed by atoms with E-state index >= 15 is 0 Å². The van der Waals surface area contributed by atoms with Crippen LogP contribution in [0.5, 0.6) is 0 Å². The first-order valence-electron chi connectivity index (χ1n) is 23.5. The van der Waals surface area contributed by atoms with Gasteiger partial charge in [-0.25, -0.2) is 19.6 Å². The summed E-state index contributed by atoms with van der Waals surface area (Å²) in [5.74, 6) is 5.32. The summed E-state index contributed by atoms with van der Waals surface area (Å²) < 4.78 is 20.5. The minimum Gasteiger partial charge on any atom is -0.453 e. The van der Waals surface area contributed by atoms with Crippen molar-refractivity contribution in [2.45, 2.75) is 87.6 Å². The van der Waals surface area contributed by atoms with E-state index in [-0.39, 0.29) is 36.0 Å². The zero-order valence-electron chi connectivity index (χ0n) is 37.9. The molecule has 2 aromatic carbocycles. The molecule has 4 aliphatic heterocycles. The van der Waals surface area contributed by atoms with Crippen LogP contribution in [0.15, 0.2) is 60.9 Å². The minimum absolute atomic E-state index is 0.0380. The van der Waals surface area contributed by atoms with Gasteiger partial charge in [0.05, 0.1) is 50.1 Å². The summed E-state index contributed by atoms with van der Waals surface area (Å²) >= 11 is 0. The summed E-state index contributed by atoms with van der Waals surface area (Å²) in [6, 6.07) is 12.7. The Bertz CT molecular complexity index is 2460. The largest absolute Gasteiger partial charge is 0.453 e. The quantitative estimate of drug-likeness (QED) is 0.113. The molecule has 6 fully saturated rings. The van der Waals surface area contributed by atoms with Crippen LogP contribution in [0.2, 0.25) is 0 Å². The van der Waals surface area contributed by atoms with Gasteiger partial charge in [-0.2, -0.15) is 0 Å². The number of hydrogen-bond donors (Lipinski definition) is 4. The van der Waals surface area contributed by atoms with E-state index in [9.17, 15) is 28.8 Å². The number of fused-ring (bicyclic) bond motifs is 2. The van der Waals surface area contributed by atoms with Crippen molar-refractivity contribution in [1.29, 1.82) is 0 Å². The van der Waals surface area contributed by atoms with Gasteiger partial charge in [-0.15, -0.1) is 0 Å². The number of carbonyl (C=O) groups excluding carboxylic acids is 6. The molecule has 68 heavy (non-hydrogen) atoms. The van der Waals surface area contributed by atoms with Gasteiger partial charge >= 0.3 is 12.2 Å². The Kier molecular flexibility index (Phi) is 12.6. The van der Waals surface area contributed by atoms with Crippen molar-refractivity contribution in [1.82, 2.24) is 40.4 Å². The number of amides is 4. The van der Waals surface area contributed by atoms with Gasteiger partial charge in [-0.3, -0.25) is 19.2 Å². The fourth-order valence-corrected chi connectivity index (χ4v) is 10.7. The normalized spacial score (nSPS) is 24.9. The number of nitrogens with zero attached hydrogens (tertiary/aromatic N) is 4. The molecule has 2 aromatic heterocycles. The van der Waals surface area contributed by atoms with Crippen LogP contribution in [-0.4, -0.2) is 130 Å². The Morgan fingerprint density at radius 1 is 0.603 bits per heavy atom. The highest BCUT2D eigenvalue weighted by Gasteiger charge is 2.58. The number of Topliss-reactive ketones (excluding diaryl/α,β-unsaturated/α-hetero) is 2. The number of methoxy groups -OCH3 is 2. The lowest BCUT2D eigenvalue weighted by Crippen LogP contribution is -2.53. The van der Waals surface area contributed by atoms with Crippen LogP contribution in [0, 0.1) is 35.5 Å². The van der Waals surface area contributed by atoms with Crippen molar-refractivity contribution in [2.24, 2.45) is 23.7 Å². The number of alkyl carbamates (subject to hydrolysis) is 2. The molecule has 8 atom stereocenters. The number of piperidine rings is 2. The van der Waals surface area contributed by atoms with Gasteiger partial charge in [-0.1, -0.05) is 36.1 Å². The maximum absolute atomic E-state index is 13.9. The van der Waals surface area contributed by atoms with Crippen molar-refractivity contribution < 1.29 is 47.7 Å². The van der Waals surface area contributed by atoms with Gasteiger partial charge < -0.3 is 49.3 Å². The molecule has 0 unspecified atom stereocenters. The number of ether oxygens (including phenoxy) is 4.